The smallest absolute Gasteiger partial charge is 0.223 e. The van der Waals surface area contributed by atoms with E-state index in [0.717, 1.165) is 20.9 Å². The molecule has 0 bridgehead atoms. The monoisotopic (exact) mass is 327 g/mol. The van der Waals surface area contributed by atoms with Crippen LogP contribution in [-0.2, 0) is 0 Å². The lowest BCUT2D eigenvalue weighted by Crippen LogP contribution is -2.02. The Kier molecular flexibility index (Phi) is 4.54. The highest BCUT2D eigenvalue weighted by molar-refractivity contribution is 9.10. The maximum atomic E-state index is 13.1. The molecule has 0 saturated carbocycles. The maximum Gasteiger partial charge on any atom is 0.223 e. The summed E-state index contributed by atoms with van der Waals surface area (Å²) in [5, 5.41) is 3.80. The van der Waals surface area contributed by atoms with Crippen LogP contribution >= 0.6 is 27.7 Å². The molecular formula is C12H11BrFN3S. The van der Waals surface area contributed by atoms with Crippen molar-refractivity contribution in [2.24, 2.45) is 0 Å². The third kappa shape index (κ3) is 3.43. The van der Waals surface area contributed by atoms with Gasteiger partial charge < -0.3 is 5.32 Å². The van der Waals surface area contributed by atoms with Crippen LogP contribution in [0.15, 0.2) is 44.9 Å². The van der Waals surface area contributed by atoms with E-state index < -0.39 is 0 Å². The van der Waals surface area contributed by atoms with Gasteiger partial charge >= 0.3 is 0 Å². The molecule has 18 heavy (non-hydrogen) atoms. The molecule has 0 atom stereocenters. The summed E-state index contributed by atoms with van der Waals surface area (Å²) >= 11 is 4.78. The van der Waals surface area contributed by atoms with Crippen molar-refractivity contribution >= 4 is 33.6 Å². The fourth-order valence-corrected chi connectivity index (χ4v) is 2.57. The number of rotatable bonds is 4. The van der Waals surface area contributed by atoms with Crippen molar-refractivity contribution in [3.63, 3.8) is 0 Å². The summed E-state index contributed by atoms with van der Waals surface area (Å²) in [7, 11) is 0. The van der Waals surface area contributed by atoms with Gasteiger partial charge in [0.15, 0.2) is 0 Å². The largest absolute Gasteiger partial charge is 0.354 e. The van der Waals surface area contributed by atoms with Gasteiger partial charge in [0.2, 0.25) is 5.95 Å². The van der Waals surface area contributed by atoms with Gasteiger partial charge in [0.1, 0.15) is 10.8 Å². The second-order valence-electron chi connectivity index (χ2n) is 3.44. The van der Waals surface area contributed by atoms with Crippen LogP contribution in [0.4, 0.5) is 10.3 Å². The van der Waals surface area contributed by atoms with Gasteiger partial charge in [-0.1, -0.05) is 17.8 Å². The minimum absolute atomic E-state index is 0.253. The molecule has 1 aromatic carbocycles. The molecule has 3 nitrogen and oxygen atoms in total. The third-order valence-corrected chi connectivity index (χ3v) is 3.89. The lowest BCUT2D eigenvalue weighted by molar-refractivity contribution is 0.624. The van der Waals surface area contributed by atoms with Crippen molar-refractivity contribution < 1.29 is 4.39 Å². The number of nitrogens with zero attached hydrogens (tertiary/aromatic N) is 2. The van der Waals surface area contributed by atoms with E-state index in [-0.39, 0.29) is 5.82 Å². The highest BCUT2D eigenvalue weighted by atomic mass is 79.9. The number of aromatic nitrogens is 2. The van der Waals surface area contributed by atoms with Crippen molar-refractivity contribution in [1.82, 2.24) is 9.97 Å². The highest BCUT2D eigenvalue weighted by Gasteiger charge is 2.07. The zero-order valence-electron chi connectivity index (χ0n) is 9.65. The summed E-state index contributed by atoms with van der Waals surface area (Å²) in [5.74, 6) is 0.316. The van der Waals surface area contributed by atoms with Gasteiger partial charge in [0.05, 0.1) is 4.47 Å². The fourth-order valence-electron chi connectivity index (χ4n) is 1.31. The molecule has 1 aromatic heterocycles. The van der Waals surface area contributed by atoms with E-state index in [4.69, 9.17) is 0 Å². The molecule has 2 aromatic rings. The summed E-state index contributed by atoms with van der Waals surface area (Å²) < 4.78 is 13.9. The molecule has 0 fully saturated rings. The van der Waals surface area contributed by atoms with Gasteiger partial charge in [-0.25, -0.2) is 14.4 Å². The summed E-state index contributed by atoms with van der Waals surface area (Å²) in [4.78, 5) is 9.29. The highest BCUT2D eigenvalue weighted by Crippen LogP contribution is 2.32. The van der Waals surface area contributed by atoms with Gasteiger partial charge in [0, 0.05) is 17.6 Å². The first kappa shape index (κ1) is 13.3. The first-order valence-corrected chi connectivity index (χ1v) is 7.00. The predicted molar refractivity (Wildman–Crippen MR) is 74.4 cm³/mol. The van der Waals surface area contributed by atoms with E-state index in [1.807, 2.05) is 13.0 Å². The number of hydrogen-bond acceptors (Lipinski definition) is 4. The fraction of sp³-hybridized carbons (Fsp3) is 0.167. The first-order chi connectivity index (χ1) is 8.69. The van der Waals surface area contributed by atoms with Gasteiger partial charge in [-0.05, 0) is 41.1 Å². The maximum absolute atomic E-state index is 13.1. The van der Waals surface area contributed by atoms with E-state index in [0.29, 0.717) is 5.95 Å². The van der Waals surface area contributed by atoms with Gasteiger partial charge in [-0.3, -0.25) is 0 Å². The lowest BCUT2D eigenvalue weighted by atomic mass is 10.4. The summed E-state index contributed by atoms with van der Waals surface area (Å²) in [6.45, 7) is 2.73. The number of halogens is 2. The van der Waals surface area contributed by atoms with E-state index in [2.05, 4.69) is 31.2 Å². The van der Waals surface area contributed by atoms with Gasteiger partial charge in [-0.2, -0.15) is 0 Å². The molecule has 0 spiro atoms. The molecule has 0 amide bonds. The van der Waals surface area contributed by atoms with Crippen LogP contribution in [0, 0.1) is 5.82 Å². The quantitative estimate of drug-likeness (QED) is 0.862. The van der Waals surface area contributed by atoms with E-state index in [1.165, 1.54) is 23.9 Å². The molecular weight excluding hydrogens is 317 g/mol. The predicted octanol–water partition coefficient (Wildman–Crippen LogP) is 3.96. The Hall–Kier alpha value is -1.14. The van der Waals surface area contributed by atoms with Crippen molar-refractivity contribution in [2.45, 2.75) is 16.8 Å². The van der Waals surface area contributed by atoms with Crippen LogP contribution in [0.25, 0.3) is 0 Å². The second kappa shape index (κ2) is 6.15. The number of nitrogens with one attached hydrogen (secondary N) is 1. The molecule has 0 aliphatic carbocycles. The van der Waals surface area contributed by atoms with Crippen LogP contribution in [0.2, 0.25) is 0 Å². The Labute approximate surface area is 117 Å². The molecule has 0 aliphatic heterocycles. The third-order valence-electron chi connectivity index (χ3n) is 2.06. The van der Waals surface area contributed by atoms with Crippen LogP contribution < -0.4 is 5.32 Å². The Balaban J connectivity index is 2.25. The lowest BCUT2D eigenvalue weighted by Gasteiger charge is -2.06. The normalized spacial score (nSPS) is 10.4. The van der Waals surface area contributed by atoms with Gasteiger partial charge in [0.25, 0.3) is 0 Å². The Morgan fingerprint density at radius 2 is 2.28 bits per heavy atom. The molecule has 6 heteroatoms. The number of anilines is 1. The molecule has 0 aliphatic rings. The van der Waals surface area contributed by atoms with Crippen molar-refractivity contribution in [1.29, 1.82) is 0 Å². The number of hydrogen-bond donors (Lipinski definition) is 1. The van der Waals surface area contributed by atoms with Crippen molar-refractivity contribution in [3.8, 4) is 0 Å². The van der Waals surface area contributed by atoms with Crippen LogP contribution in [0.3, 0.4) is 0 Å². The molecule has 0 radical (unpaired) electrons. The summed E-state index contributed by atoms with van der Waals surface area (Å²) in [5.41, 5.74) is 0. The zero-order valence-corrected chi connectivity index (χ0v) is 12.1. The minimum atomic E-state index is -0.253. The van der Waals surface area contributed by atoms with Crippen LogP contribution in [0.5, 0.6) is 0 Å². The minimum Gasteiger partial charge on any atom is -0.354 e. The van der Waals surface area contributed by atoms with Crippen LogP contribution in [-0.4, -0.2) is 16.5 Å². The van der Waals surface area contributed by atoms with E-state index in [9.17, 15) is 4.39 Å². The van der Waals surface area contributed by atoms with Crippen LogP contribution in [0.1, 0.15) is 6.92 Å². The number of benzene rings is 1. The van der Waals surface area contributed by atoms with E-state index in [1.54, 1.807) is 12.3 Å². The molecule has 2 rings (SSSR count). The topological polar surface area (TPSA) is 37.8 Å². The average molecular weight is 328 g/mol. The zero-order chi connectivity index (χ0) is 13.0. The molecule has 94 valence electrons. The van der Waals surface area contributed by atoms with Crippen molar-refractivity contribution in [3.05, 3.63) is 40.8 Å². The average Bonchev–Trinajstić information content (AvgIpc) is 2.34. The first-order valence-electron chi connectivity index (χ1n) is 5.39. The molecule has 1 N–H and O–H groups in total. The standard InChI is InChI=1S/C12H11BrFN3S/c1-2-15-12-16-7-10(13)11(17-12)18-9-5-3-4-8(14)6-9/h3-7H,2H2,1H3,(H,15,16,17). The Bertz CT molecular complexity index is 551. The van der Waals surface area contributed by atoms with E-state index >= 15 is 0 Å². The molecule has 0 unspecified atom stereocenters. The Morgan fingerprint density at radius 1 is 1.44 bits per heavy atom. The summed E-state index contributed by atoms with van der Waals surface area (Å²) in [6.07, 6.45) is 1.69. The summed E-state index contributed by atoms with van der Waals surface area (Å²) in [6, 6.07) is 6.42. The molecule has 1 heterocycles. The van der Waals surface area contributed by atoms with Gasteiger partial charge in [-0.15, -0.1) is 0 Å². The molecule has 0 saturated heterocycles. The second-order valence-corrected chi connectivity index (χ2v) is 5.35. The SMILES string of the molecule is CCNc1ncc(Br)c(Sc2cccc(F)c2)n1. The van der Waals surface area contributed by atoms with Crippen molar-refractivity contribution in [2.75, 3.05) is 11.9 Å². The Morgan fingerprint density at radius 3 is 3.00 bits per heavy atom.